The van der Waals surface area contributed by atoms with E-state index in [-0.39, 0.29) is 6.04 Å². The van der Waals surface area contributed by atoms with Gasteiger partial charge in [0.2, 0.25) is 0 Å². The van der Waals surface area contributed by atoms with E-state index < -0.39 is 0 Å². The molecule has 0 radical (unpaired) electrons. The van der Waals surface area contributed by atoms with Crippen LogP contribution in [0, 0.1) is 19.3 Å². The summed E-state index contributed by atoms with van der Waals surface area (Å²) in [5.74, 6) is 3.61. The van der Waals surface area contributed by atoms with Gasteiger partial charge in [0.15, 0.2) is 0 Å². The lowest BCUT2D eigenvalue weighted by Crippen LogP contribution is -2.25. The Hall–Kier alpha value is -0.910. The summed E-state index contributed by atoms with van der Waals surface area (Å²) in [5.41, 5.74) is 1.29. The van der Waals surface area contributed by atoms with Gasteiger partial charge in [-0.15, -0.1) is 18.2 Å². The first-order valence-electron chi connectivity index (χ1n) is 4.59. The van der Waals surface area contributed by atoms with Crippen molar-refractivity contribution in [2.24, 2.45) is 0 Å². The first-order chi connectivity index (χ1) is 6.76. The molecule has 1 atom stereocenters. The Bertz CT molecular complexity index is 310. The van der Waals surface area contributed by atoms with E-state index >= 15 is 0 Å². The molecule has 1 nitrogen and oxygen atoms in total. The fourth-order valence-electron chi connectivity index (χ4n) is 1.03. The van der Waals surface area contributed by atoms with Crippen LogP contribution in [0.3, 0.4) is 0 Å². The molecule has 14 heavy (non-hydrogen) atoms. The molecule has 2 heteroatoms. The Balaban J connectivity index is 2.46. The first-order valence-corrected chi connectivity index (χ1v) is 5.57. The van der Waals surface area contributed by atoms with Gasteiger partial charge >= 0.3 is 0 Å². The van der Waals surface area contributed by atoms with E-state index in [2.05, 4.69) is 42.4 Å². The smallest absolute Gasteiger partial charge is 0.0779 e. The van der Waals surface area contributed by atoms with Gasteiger partial charge in [0, 0.05) is 10.6 Å². The average Bonchev–Trinajstić information content (AvgIpc) is 2.22. The molecule has 0 bridgehead atoms. The Morgan fingerprint density at radius 3 is 2.57 bits per heavy atom. The van der Waals surface area contributed by atoms with Crippen LogP contribution in [-0.2, 0) is 0 Å². The number of hydrogen-bond acceptors (Lipinski definition) is 2. The molecule has 74 valence electrons. The summed E-state index contributed by atoms with van der Waals surface area (Å²) in [6.45, 7) is 2.09. The maximum absolute atomic E-state index is 5.35. The number of rotatable bonds is 4. The molecular formula is C12H15NS. The van der Waals surface area contributed by atoms with Crippen LogP contribution in [-0.4, -0.2) is 18.8 Å². The van der Waals surface area contributed by atoms with Crippen molar-refractivity contribution in [2.45, 2.75) is 17.9 Å². The van der Waals surface area contributed by atoms with Crippen molar-refractivity contribution in [3.63, 3.8) is 0 Å². The van der Waals surface area contributed by atoms with Gasteiger partial charge in [-0.05, 0) is 26.1 Å². The van der Waals surface area contributed by atoms with Crippen molar-refractivity contribution in [2.75, 3.05) is 12.8 Å². The third kappa shape index (κ3) is 3.45. The average molecular weight is 205 g/mol. The highest BCUT2D eigenvalue weighted by atomic mass is 32.2. The standard InChI is InChI=1S/C12H15NS/c1-4-11(13-3)9-14-12-7-5-10(2)6-8-12/h1,5-8,11,13H,9H2,2-3H3. The Morgan fingerprint density at radius 1 is 1.43 bits per heavy atom. The Labute approximate surface area is 90.3 Å². The largest absolute Gasteiger partial charge is 0.306 e. The van der Waals surface area contributed by atoms with Gasteiger partial charge in [-0.25, -0.2) is 0 Å². The van der Waals surface area contributed by atoms with Crippen molar-refractivity contribution < 1.29 is 0 Å². The third-order valence-corrected chi connectivity index (χ3v) is 3.09. The summed E-state index contributed by atoms with van der Waals surface area (Å²) < 4.78 is 0. The number of aryl methyl sites for hydroxylation is 1. The molecule has 0 aliphatic carbocycles. The van der Waals surface area contributed by atoms with Crippen LogP contribution >= 0.6 is 11.8 Å². The number of thioether (sulfide) groups is 1. The highest BCUT2D eigenvalue weighted by molar-refractivity contribution is 7.99. The van der Waals surface area contributed by atoms with Crippen LogP contribution in [0.15, 0.2) is 29.2 Å². The zero-order valence-corrected chi connectivity index (χ0v) is 9.40. The topological polar surface area (TPSA) is 12.0 Å². The van der Waals surface area contributed by atoms with E-state index in [9.17, 15) is 0 Å². The zero-order valence-electron chi connectivity index (χ0n) is 8.58. The predicted octanol–water partition coefficient (Wildman–Crippen LogP) is 2.31. The number of benzene rings is 1. The van der Waals surface area contributed by atoms with E-state index in [0.717, 1.165) is 5.75 Å². The Kier molecular flexibility index (Phi) is 4.58. The summed E-state index contributed by atoms with van der Waals surface area (Å²) in [5, 5.41) is 3.08. The van der Waals surface area contributed by atoms with Gasteiger partial charge in [-0.2, -0.15) is 0 Å². The second-order valence-electron chi connectivity index (χ2n) is 3.13. The van der Waals surface area contributed by atoms with Crippen molar-refractivity contribution in [1.29, 1.82) is 0 Å². The molecule has 0 spiro atoms. The minimum absolute atomic E-state index is 0.154. The molecule has 1 rings (SSSR count). The number of nitrogens with one attached hydrogen (secondary N) is 1. The SMILES string of the molecule is C#CC(CSc1ccc(C)cc1)NC. The fourth-order valence-corrected chi connectivity index (χ4v) is 1.98. The van der Waals surface area contributed by atoms with E-state index in [1.807, 2.05) is 7.05 Å². The van der Waals surface area contributed by atoms with Crippen LogP contribution in [0.4, 0.5) is 0 Å². The second-order valence-corrected chi connectivity index (χ2v) is 4.23. The van der Waals surface area contributed by atoms with Gasteiger partial charge in [-0.1, -0.05) is 23.6 Å². The molecule has 1 aromatic rings. The van der Waals surface area contributed by atoms with Crippen molar-refractivity contribution in [3.05, 3.63) is 29.8 Å². The normalized spacial score (nSPS) is 12.1. The van der Waals surface area contributed by atoms with E-state index in [1.54, 1.807) is 11.8 Å². The molecule has 1 unspecified atom stereocenters. The second kappa shape index (κ2) is 5.74. The van der Waals surface area contributed by atoms with E-state index in [4.69, 9.17) is 6.42 Å². The van der Waals surface area contributed by atoms with Crippen molar-refractivity contribution in [3.8, 4) is 12.3 Å². The summed E-state index contributed by atoms with van der Waals surface area (Å²) in [4.78, 5) is 1.27. The molecule has 0 saturated heterocycles. The van der Waals surface area contributed by atoms with E-state index in [0.29, 0.717) is 0 Å². The van der Waals surface area contributed by atoms with Gasteiger partial charge in [0.25, 0.3) is 0 Å². The molecule has 1 aromatic carbocycles. The zero-order chi connectivity index (χ0) is 10.4. The molecule has 0 aromatic heterocycles. The van der Waals surface area contributed by atoms with Gasteiger partial charge in [0.1, 0.15) is 0 Å². The monoisotopic (exact) mass is 205 g/mol. The lowest BCUT2D eigenvalue weighted by Gasteiger charge is -2.08. The molecule has 0 aliphatic heterocycles. The lowest BCUT2D eigenvalue weighted by atomic mass is 10.2. The maximum Gasteiger partial charge on any atom is 0.0779 e. The quantitative estimate of drug-likeness (QED) is 0.598. The van der Waals surface area contributed by atoms with Crippen LogP contribution in [0.25, 0.3) is 0 Å². The van der Waals surface area contributed by atoms with Crippen LogP contribution in [0.2, 0.25) is 0 Å². The van der Waals surface area contributed by atoms with Gasteiger partial charge < -0.3 is 5.32 Å². The highest BCUT2D eigenvalue weighted by Gasteiger charge is 2.01. The fraction of sp³-hybridized carbons (Fsp3) is 0.333. The third-order valence-electron chi connectivity index (χ3n) is 1.99. The summed E-state index contributed by atoms with van der Waals surface area (Å²) >= 11 is 1.78. The summed E-state index contributed by atoms with van der Waals surface area (Å²) in [7, 11) is 1.89. The maximum atomic E-state index is 5.35. The van der Waals surface area contributed by atoms with Crippen LogP contribution in [0.5, 0.6) is 0 Å². The summed E-state index contributed by atoms with van der Waals surface area (Å²) in [6.07, 6.45) is 5.35. The minimum atomic E-state index is 0.154. The first kappa shape index (κ1) is 11.2. The molecule has 1 N–H and O–H groups in total. The molecule has 0 heterocycles. The van der Waals surface area contributed by atoms with Crippen molar-refractivity contribution in [1.82, 2.24) is 5.32 Å². The Morgan fingerprint density at radius 2 is 2.07 bits per heavy atom. The molecule has 0 fully saturated rings. The van der Waals surface area contributed by atoms with Gasteiger partial charge in [0.05, 0.1) is 6.04 Å². The number of hydrogen-bond donors (Lipinski definition) is 1. The molecule has 0 saturated carbocycles. The predicted molar refractivity (Wildman–Crippen MR) is 63.6 cm³/mol. The highest BCUT2D eigenvalue weighted by Crippen LogP contribution is 2.18. The van der Waals surface area contributed by atoms with Gasteiger partial charge in [-0.3, -0.25) is 0 Å². The molecule has 0 aliphatic rings. The van der Waals surface area contributed by atoms with Crippen LogP contribution in [0.1, 0.15) is 5.56 Å². The summed E-state index contributed by atoms with van der Waals surface area (Å²) in [6, 6.07) is 8.65. The number of terminal acetylenes is 1. The molecule has 0 amide bonds. The van der Waals surface area contributed by atoms with Crippen molar-refractivity contribution >= 4 is 11.8 Å². The molecular weight excluding hydrogens is 190 g/mol. The van der Waals surface area contributed by atoms with E-state index in [1.165, 1.54) is 10.5 Å². The lowest BCUT2D eigenvalue weighted by molar-refractivity contribution is 0.759. The minimum Gasteiger partial charge on any atom is -0.306 e. The van der Waals surface area contributed by atoms with Crippen LogP contribution < -0.4 is 5.32 Å².